The van der Waals surface area contributed by atoms with Gasteiger partial charge in [0.1, 0.15) is 0 Å². The first-order chi connectivity index (χ1) is 7.94. The molecule has 0 aliphatic heterocycles. The van der Waals surface area contributed by atoms with Gasteiger partial charge in [-0.15, -0.1) is 0 Å². The van der Waals surface area contributed by atoms with Crippen LogP contribution in [0.5, 0.6) is 0 Å². The highest BCUT2D eigenvalue weighted by Gasteiger charge is 2.92. The molecule has 1 unspecified atom stereocenters. The number of alkyl halides is 11. The molecule has 0 aromatic heterocycles. The number of hydrogen-bond acceptors (Lipinski definition) is 0. The van der Waals surface area contributed by atoms with Crippen LogP contribution in [0.3, 0.4) is 0 Å². The molecule has 0 amide bonds. The van der Waals surface area contributed by atoms with Gasteiger partial charge in [-0.3, -0.25) is 0 Å². The van der Waals surface area contributed by atoms with Gasteiger partial charge in [0, 0.05) is 0 Å². The largest absolute Gasteiger partial charge is 0.457 e. The Morgan fingerprint density at radius 2 is 0.842 bits per heavy atom. The topological polar surface area (TPSA) is 0 Å². The molecule has 0 rings (SSSR count). The molecule has 0 aromatic carbocycles. The van der Waals surface area contributed by atoms with Gasteiger partial charge < -0.3 is 0 Å². The summed E-state index contributed by atoms with van der Waals surface area (Å²) < 4.78 is 155. The van der Waals surface area contributed by atoms with Crippen LogP contribution in [-0.2, 0) is 0 Å². The summed E-state index contributed by atoms with van der Waals surface area (Å²) >= 11 is 0. The SMILES string of the molecule is F[C](F)C(F)(F)C(F)(C(F)(F)F)C(F)(F)C(F)(F)F. The molecular formula is C6F13. The Bertz CT molecular complexity index is 321. The van der Waals surface area contributed by atoms with Crippen molar-refractivity contribution in [3.63, 3.8) is 0 Å². The van der Waals surface area contributed by atoms with E-state index in [1.54, 1.807) is 0 Å². The van der Waals surface area contributed by atoms with Crippen LogP contribution in [0.1, 0.15) is 0 Å². The molecule has 0 saturated carbocycles. The smallest absolute Gasteiger partial charge is 0.219 e. The lowest BCUT2D eigenvalue weighted by molar-refractivity contribution is -0.425. The normalized spacial score (nSPS) is 18.6. The minimum absolute atomic E-state index is 4.88. The molecule has 0 N–H and O–H groups in total. The van der Waals surface area contributed by atoms with Crippen molar-refractivity contribution in [1.82, 2.24) is 0 Å². The van der Waals surface area contributed by atoms with Gasteiger partial charge in [0.2, 0.25) is 0 Å². The lowest BCUT2D eigenvalue weighted by atomic mass is 9.88. The van der Waals surface area contributed by atoms with Crippen LogP contribution in [0.4, 0.5) is 57.1 Å². The average Bonchev–Trinajstić information content (AvgIpc) is 2.11. The Morgan fingerprint density at radius 1 is 0.526 bits per heavy atom. The fourth-order valence-electron chi connectivity index (χ4n) is 0.879. The highest BCUT2D eigenvalue weighted by Crippen LogP contribution is 2.61. The van der Waals surface area contributed by atoms with Crippen molar-refractivity contribution in [2.75, 3.05) is 0 Å². The fraction of sp³-hybridized carbons (Fsp3) is 0.833. The average molecular weight is 319 g/mol. The van der Waals surface area contributed by atoms with Crippen LogP contribution in [0.15, 0.2) is 0 Å². The minimum Gasteiger partial charge on any atom is -0.219 e. The minimum atomic E-state index is -7.84. The summed E-state index contributed by atoms with van der Waals surface area (Å²) in [5, 5.41) is 0. The van der Waals surface area contributed by atoms with E-state index in [-0.39, 0.29) is 0 Å². The van der Waals surface area contributed by atoms with E-state index in [2.05, 4.69) is 0 Å². The van der Waals surface area contributed by atoms with Gasteiger partial charge in [0.25, 0.3) is 0 Å². The second kappa shape index (κ2) is 4.30. The highest BCUT2D eigenvalue weighted by molar-refractivity contribution is 5.16. The van der Waals surface area contributed by atoms with Crippen molar-refractivity contribution in [2.24, 2.45) is 0 Å². The van der Waals surface area contributed by atoms with E-state index in [0.717, 1.165) is 0 Å². The monoisotopic (exact) mass is 319 g/mol. The first-order valence-corrected chi connectivity index (χ1v) is 3.71. The van der Waals surface area contributed by atoms with E-state index in [1.807, 2.05) is 0 Å². The van der Waals surface area contributed by atoms with E-state index >= 15 is 0 Å². The molecule has 115 valence electrons. The molecule has 13 heteroatoms. The maximum atomic E-state index is 12.8. The zero-order valence-corrected chi connectivity index (χ0v) is 7.91. The maximum Gasteiger partial charge on any atom is 0.457 e. The third-order valence-corrected chi connectivity index (χ3v) is 1.85. The molecule has 19 heavy (non-hydrogen) atoms. The van der Waals surface area contributed by atoms with Crippen molar-refractivity contribution >= 4 is 0 Å². The Hall–Kier alpha value is -0.910. The third-order valence-electron chi connectivity index (χ3n) is 1.85. The number of rotatable bonds is 3. The Balaban J connectivity index is 6.30. The quantitative estimate of drug-likeness (QED) is 0.671. The van der Waals surface area contributed by atoms with Crippen LogP contribution >= 0.6 is 0 Å². The summed E-state index contributed by atoms with van der Waals surface area (Å²) in [4.78, 5) is 0. The van der Waals surface area contributed by atoms with Crippen molar-refractivity contribution in [2.45, 2.75) is 29.9 Å². The van der Waals surface area contributed by atoms with Crippen LogP contribution in [0.2, 0.25) is 0 Å². The molecule has 0 heterocycles. The maximum absolute atomic E-state index is 12.8. The molecule has 0 saturated heterocycles. The molecule has 1 radical (unpaired) electrons. The number of halogens is 13. The fourth-order valence-corrected chi connectivity index (χ4v) is 0.879. The van der Waals surface area contributed by atoms with Gasteiger partial charge in [-0.1, -0.05) is 0 Å². The Labute approximate surface area is 94.7 Å². The molecular weight excluding hydrogens is 319 g/mol. The molecule has 1 atom stereocenters. The first-order valence-electron chi connectivity index (χ1n) is 3.71. The molecule has 0 aliphatic rings. The second-order valence-corrected chi connectivity index (χ2v) is 3.06. The predicted molar refractivity (Wildman–Crippen MR) is 31.3 cm³/mol. The Morgan fingerprint density at radius 3 is 1.00 bits per heavy atom. The van der Waals surface area contributed by atoms with Crippen LogP contribution in [0.25, 0.3) is 0 Å². The molecule has 0 aromatic rings. The van der Waals surface area contributed by atoms with Crippen molar-refractivity contribution < 1.29 is 57.1 Å². The first kappa shape index (κ1) is 18.1. The summed E-state index contributed by atoms with van der Waals surface area (Å²) in [5.74, 6) is -15.2. The molecule has 0 bridgehead atoms. The second-order valence-electron chi connectivity index (χ2n) is 3.06. The van der Waals surface area contributed by atoms with E-state index in [0.29, 0.717) is 0 Å². The van der Waals surface area contributed by atoms with E-state index < -0.39 is 36.3 Å². The van der Waals surface area contributed by atoms with Crippen LogP contribution < -0.4 is 0 Å². The summed E-state index contributed by atoms with van der Waals surface area (Å²) in [7, 11) is 0. The molecule has 0 aliphatic carbocycles. The third kappa shape index (κ3) is 2.30. The van der Waals surface area contributed by atoms with Gasteiger partial charge in [-0.2, -0.15) is 52.7 Å². The standard InChI is InChI=1S/C6F13/c7-1(8)2(9,10)3(11,5(14,15)16)4(12,13)6(17,18)19. The van der Waals surface area contributed by atoms with Gasteiger partial charge >= 0.3 is 36.3 Å². The summed E-state index contributed by atoms with van der Waals surface area (Å²) in [6, 6.07) is 0. The van der Waals surface area contributed by atoms with E-state index in [4.69, 9.17) is 0 Å². The Kier molecular flexibility index (Phi) is 4.09. The highest BCUT2D eigenvalue weighted by atomic mass is 19.4. The zero-order valence-electron chi connectivity index (χ0n) is 7.91. The molecule has 0 spiro atoms. The van der Waals surface area contributed by atoms with E-state index in [1.165, 1.54) is 0 Å². The molecule has 0 fully saturated rings. The lowest BCUT2D eigenvalue weighted by Crippen LogP contribution is -2.71. The van der Waals surface area contributed by atoms with E-state index in [9.17, 15) is 57.1 Å². The van der Waals surface area contributed by atoms with Crippen LogP contribution in [-0.4, -0.2) is 29.9 Å². The summed E-state index contributed by atoms with van der Waals surface area (Å²) in [5.41, 5.74) is -7.84. The number of hydrogen-bond donors (Lipinski definition) is 0. The van der Waals surface area contributed by atoms with Crippen molar-refractivity contribution in [1.29, 1.82) is 0 Å². The lowest BCUT2D eigenvalue weighted by Gasteiger charge is -2.39. The van der Waals surface area contributed by atoms with Crippen LogP contribution in [0, 0.1) is 6.43 Å². The summed E-state index contributed by atoms with van der Waals surface area (Å²) in [6.45, 7) is 0. The predicted octanol–water partition coefficient (Wildman–Crippen LogP) is 4.52. The molecule has 0 nitrogen and oxygen atoms in total. The van der Waals surface area contributed by atoms with Crippen molar-refractivity contribution in [3.8, 4) is 0 Å². The summed E-state index contributed by atoms with van der Waals surface area (Å²) in [6.07, 6.45) is -20.0. The van der Waals surface area contributed by atoms with Gasteiger partial charge in [-0.25, -0.2) is 4.39 Å². The van der Waals surface area contributed by atoms with Gasteiger partial charge in [-0.05, 0) is 0 Å². The van der Waals surface area contributed by atoms with Gasteiger partial charge in [0.05, 0.1) is 0 Å². The van der Waals surface area contributed by atoms with Gasteiger partial charge in [0.15, 0.2) is 0 Å². The van der Waals surface area contributed by atoms with Crippen molar-refractivity contribution in [3.05, 3.63) is 6.43 Å². The zero-order chi connectivity index (χ0) is 16.1.